The maximum atomic E-state index is 10.3. The van der Waals surface area contributed by atoms with Crippen LogP contribution in [0, 0.1) is 0 Å². The first kappa shape index (κ1) is 11.1. The Morgan fingerprint density at radius 3 is 2.27 bits per heavy atom. The Morgan fingerprint density at radius 2 is 2.00 bits per heavy atom. The Balaban J connectivity index is 3.63. The van der Waals surface area contributed by atoms with Crippen molar-refractivity contribution in [1.82, 2.24) is 5.32 Å². The van der Waals surface area contributed by atoms with Crippen molar-refractivity contribution in [1.29, 1.82) is 0 Å². The van der Waals surface area contributed by atoms with Crippen molar-refractivity contribution in [3.8, 4) is 0 Å². The molecule has 0 rings (SSSR count). The van der Waals surface area contributed by atoms with E-state index in [1.165, 1.54) is 0 Å². The van der Waals surface area contributed by atoms with Gasteiger partial charge in [-0.3, -0.25) is 4.57 Å². The van der Waals surface area contributed by atoms with E-state index in [0.29, 0.717) is 0 Å². The maximum absolute atomic E-state index is 10.3. The SMILES string of the molecule is CC(N)C(C)NCP(=O)(O)O. The van der Waals surface area contributed by atoms with E-state index in [1.54, 1.807) is 13.8 Å². The first-order valence-electron chi connectivity index (χ1n) is 3.36. The van der Waals surface area contributed by atoms with Gasteiger partial charge in [0.25, 0.3) is 0 Å². The molecule has 0 aromatic carbocycles. The monoisotopic (exact) mass is 182 g/mol. The summed E-state index contributed by atoms with van der Waals surface area (Å²) in [7, 11) is -3.93. The van der Waals surface area contributed by atoms with Crippen LogP contribution in [0.5, 0.6) is 0 Å². The van der Waals surface area contributed by atoms with Crippen LogP contribution < -0.4 is 11.1 Å². The lowest BCUT2D eigenvalue weighted by Gasteiger charge is -2.17. The molecule has 0 heterocycles. The number of hydrogen-bond donors (Lipinski definition) is 4. The smallest absolute Gasteiger partial charge is 0.327 e. The normalized spacial score (nSPS) is 17.9. The fourth-order valence-electron chi connectivity index (χ4n) is 0.449. The Bertz CT molecular complexity index is 156. The van der Waals surface area contributed by atoms with Gasteiger partial charge in [-0.1, -0.05) is 0 Å². The Hall–Kier alpha value is 0.0700. The van der Waals surface area contributed by atoms with Crippen molar-refractivity contribution in [2.45, 2.75) is 25.9 Å². The van der Waals surface area contributed by atoms with Crippen LogP contribution in [-0.4, -0.2) is 28.2 Å². The van der Waals surface area contributed by atoms with Gasteiger partial charge in [0.2, 0.25) is 0 Å². The standard InChI is InChI=1S/C5H15N2O3P/c1-4(6)5(2)7-3-11(8,9)10/h4-5,7H,3,6H2,1-2H3,(H2,8,9,10). The summed E-state index contributed by atoms with van der Waals surface area (Å²) in [4.78, 5) is 16.9. The summed E-state index contributed by atoms with van der Waals surface area (Å²) < 4.78 is 10.3. The quantitative estimate of drug-likeness (QED) is 0.437. The van der Waals surface area contributed by atoms with E-state index >= 15 is 0 Å². The molecule has 0 spiro atoms. The van der Waals surface area contributed by atoms with Crippen molar-refractivity contribution < 1.29 is 14.4 Å². The van der Waals surface area contributed by atoms with Gasteiger partial charge in [0.05, 0.1) is 6.29 Å². The second-order valence-electron chi connectivity index (χ2n) is 2.67. The third kappa shape index (κ3) is 6.47. The van der Waals surface area contributed by atoms with Crippen LogP contribution in [0.3, 0.4) is 0 Å². The predicted molar refractivity (Wildman–Crippen MR) is 43.2 cm³/mol. The highest BCUT2D eigenvalue weighted by molar-refractivity contribution is 7.51. The van der Waals surface area contributed by atoms with Crippen molar-refractivity contribution >= 4 is 7.60 Å². The molecule has 2 atom stereocenters. The molecule has 5 N–H and O–H groups in total. The Morgan fingerprint density at radius 1 is 1.55 bits per heavy atom. The number of nitrogens with one attached hydrogen (secondary N) is 1. The van der Waals surface area contributed by atoms with Gasteiger partial charge >= 0.3 is 7.60 Å². The van der Waals surface area contributed by atoms with Gasteiger partial charge in [-0.15, -0.1) is 0 Å². The zero-order valence-electron chi connectivity index (χ0n) is 6.69. The van der Waals surface area contributed by atoms with Crippen LogP contribution in [0.1, 0.15) is 13.8 Å². The average Bonchev–Trinajstić information content (AvgIpc) is 1.80. The highest BCUT2D eigenvalue weighted by Gasteiger charge is 2.15. The lowest BCUT2D eigenvalue weighted by Crippen LogP contribution is -2.41. The molecule has 0 radical (unpaired) electrons. The van der Waals surface area contributed by atoms with Gasteiger partial charge < -0.3 is 20.8 Å². The molecule has 0 aliphatic heterocycles. The van der Waals surface area contributed by atoms with E-state index in [-0.39, 0.29) is 18.4 Å². The minimum atomic E-state index is -3.93. The molecular formula is C5H15N2O3P. The zero-order chi connectivity index (χ0) is 9.07. The lowest BCUT2D eigenvalue weighted by molar-refractivity contribution is 0.361. The average molecular weight is 182 g/mol. The number of nitrogens with two attached hydrogens (primary N) is 1. The van der Waals surface area contributed by atoms with Crippen LogP contribution in [0.4, 0.5) is 0 Å². The molecule has 0 amide bonds. The number of rotatable bonds is 4. The maximum Gasteiger partial charge on any atom is 0.339 e. The van der Waals surface area contributed by atoms with Crippen molar-refractivity contribution in [2.24, 2.45) is 5.73 Å². The van der Waals surface area contributed by atoms with E-state index in [1.807, 2.05) is 0 Å². The van der Waals surface area contributed by atoms with Gasteiger partial charge in [0, 0.05) is 12.1 Å². The Kier molecular flexibility index (Phi) is 4.21. The predicted octanol–water partition coefficient (Wildman–Crippen LogP) is -0.553. The highest BCUT2D eigenvalue weighted by Crippen LogP contribution is 2.32. The molecule has 2 unspecified atom stereocenters. The molecule has 6 heteroatoms. The first-order chi connectivity index (χ1) is 4.83. The van der Waals surface area contributed by atoms with Gasteiger partial charge in [-0.2, -0.15) is 0 Å². The molecule has 0 saturated heterocycles. The minimum Gasteiger partial charge on any atom is -0.327 e. The largest absolute Gasteiger partial charge is 0.339 e. The van der Waals surface area contributed by atoms with Crippen LogP contribution in [0.2, 0.25) is 0 Å². The second-order valence-corrected chi connectivity index (χ2v) is 4.32. The molecule has 0 saturated carbocycles. The van der Waals surface area contributed by atoms with E-state index in [9.17, 15) is 4.57 Å². The second kappa shape index (κ2) is 4.18. The molecule has 0 bridgehead atoms. The number of hydrogen-bond acceptors (Lipinski definition) is 3. The van der Waals surface area contributed by atoms with E-state index in [4.69, 9.17) is 15.5 Å². The molecule has 11 heavy (non-hydrogen) atoms. The van der Waals surface area contributed by atoms with Crippen LogP contribution in [0.25, 0.3) is 0 Å². The molecular weight excluding hydrogens is 167 g/mol. The van der Waals surface area contributed by atoms with E-state index in [2.05, 4.69) is 5.32 Å². The highest BCUT2D eigenvalue weighted by atomic mass is 31.2. The molecule has 0 fully saturated rings. The summed E-state index contributed by atoms with van der Waals surface area (Å²) in [6.07, 6.45) is -0.310. The molecule has 0 aliphatic carbocycles. The van der Waals surface area contributed by atoms with Crippen molar-refractivity contribution in [3.05, 3.63) is 0 Å². The topological polar surface area (TPSA) is 95.6 Å². The third-order valence-electron chi connectivity index (χ3n) is 1.41. The van der Waals surface area contributed by atoms with Gasteiger partial charge in [-0.25, -0.2) is 0 Å². The lowest BCUT2D eigenvalue weighted by atomic mass is 10.2. The van der Waals surface area contributed by atoms with Crippen LogP contribution in [0.15, 0.2) is 0 Å². The summed E-state index contributed by atoms with van der Waals surface area (Å²) in [6, 6.07) is -0.191. The van der Waals surface area contributed by atoms with Gasteiger partial charge in [0.1, 0.15) is 0 Å². The summed E-state index contributed by atoms with van der Waals surface area (Å²) in [5.41, 5.74) is 5.45. The first-order valence-corrected chi connectivity index (χ1v) is 5.16. The summed E-state index contributed by atoms with van der Waals surface area (Å²) in [5.74, 6) is 0. The molecule has 68 valence electrons. The fraction of sp³-hybridized carbons (Fsp3) is 1.00. The Labute approximate surface area is 66.1 Å². The van der Waals surface area contributed by atoms with Gasteiger partial charge in [0.15, 0.2) is 0 Å². The third-order valence-corrected chi connectivity index (χ3v) is 2.00. The zero-order valence-corrected chi connectivity index (χ0v) is 7.58. The molecule has 5 nitrogen and oxygen atoms in total. The van der Waals surface area contributed by atoms with Gasteiger partial charge in [-0.05, 0) is 13.8 Å². The molecule has 0 aliphatic rings. The van der Waals surface area contributed by atoms with E-state index < -0.39 is 7.60 Å². The molecule has 0 aromatic rings. The van der Waals surface area contributed by atoms with Crippen molar-refractivity contribution in [2.75, 3.05) is 6.29 Å². The minimum absolute atomic E-state index is 0.0809. The summed E-state index contributed by atoms with van der Waals surface area (Å²) in [5, 5.41) is 2.63. The molecule has 0 aromatic heterocycles. The fourth-order valence-corrected chi connectivity index (χ4v) is 0.975. The van der Waals surface area contributed by atoms with Crippen molar-refractivity contribution in [3.63, 3.8) is 0 Å². The summed E-state index contributed by atoms with van der Waals surface area (Å²) in [6.45, 7) is 3.55. The summed E-state index contributed by atoms with van der Waals surface area (Å²) >= 11 is 0. The van der Waals surface area contributed by atoms with E-state index in [0.717, 1.165) is 0 Å². The van der Waals surface area contributed by atoms with Crippen LogP contribution >= 0.6 is 7.60 Å². The van der Waals surface area contributed by atoms with Crippen LogP contribution in [-0.2, 0) is 4.57 Å².